The zero-order valence-electron chi connectivity index (χ0n) is 13.9. The van der Waals surface area contributed by atoms with Crippen molar-refractivity contribution in [2.45, 2.75) is 13.3 Å². The number of aryl methyl sites for hydroxylation is 1. The molecule has 0 spiro atoms. The van der Waals surface area contributed by atoms with Crippen molar-refractivity contribution in [2.75, 3.05) is 18.6 Å². The lowest BCUT2D eigenvalue weighted by Gasteiger charge is -2.19. The number of amides is 1. The average Bonchev–Trinajstić information content (AvgIpc) is 2.99. The van der Waals surface area contributed by atoms with Gasteiger partial charge in [0.05, 0.1) is 13.4 Å². The predicted octanol–water partition coefficient (Wildman–Crippen LogP) is 3.17. The number of carbonyl (C=O) groups is 1. The summed E-state index contributed by atoms with van der Waals surface area (Å²) >= 11 is 0. The first kappa shape index (κ1) is 16.6. The quantitative estimate of drug-likeness (QED) is 0.742. The van der Waals surface area contributed by atoms with Crippen molar-refractivity contribution in [1.82, 2.24) is 4.98 Å². The Balaban J connectivity index is 1.90. The molecular weight excluding hydrogens is 324 g/mol. The molecule has 0 bridgehead atoms. The van der Waals surface area contributed by atoms with Crippen molar-refractivity contribution >= 4 is 22.7 Å². The molecule has 3 rings (SSSR count). The highest BCUT2D eigenvalue weighted by atomic mass is 16.5. The molecule has 0 aliphatic carbocycles. The van der Waals surface area contributed by atoms with E-state index in [9.17, 15) is 14.7 Å². The van der Waals surface area contributed by atoms with Gasteiger partial charge in [0.25, 0.3) is 0 Å². The highest BCUT2D eigenvalue weighted by Gasteiger charge is 2.21. The lowest BCUT2D eigenvalue weighted by atomic mass is 10.1. The van der Waals surface area contributed by atoms with Gasteiger partial charge in [0.15, 0.2) is 0 Å². The molecule has 25 heavy (non-hydrogen) atoms. The van der Waals surface area contributed by atoms with Crippen molar-refractivity contribution in [3.05, 3.63) is 58.3 Å². The summed E-state index contributed by atoms with van der Waals surface area (Å²) in [7, 11) is 1.59. The van der Waals surface area contributed by atoms with Crippen LogP contribution in [0.4, 0.5) is 10.5 Å². The number of aromatic amines is 1. The first-order valence-electron chi connectivity index (χ1n) is 7.74. The third kappa shape index (κ3) is 3.21. The van der Waals surface area contributed by atoms with Gasteiger partial charge < -0.3 is 19.2 Å². The van der Waals surface area contributed by atoms with Gasteiger partial charge in [-0.2, -0.15) is 0 Å². The SMILES string of the molecule is COc1ccc2[nH]cc(CCN(C(=O)O)c3c(C)occc3=O)c2c1. The van der Waals surface area contributed by atoms with Crippen LogP contribution in [0.25, 0.3) is 10.9 Å². The molecule has 0 saturated carbocycles. The Morgan fingerprint density at radius 1 is 1.36 bits per heavy atom. The summed E-state index contributed by atoms with van der Waals surface area (Å²) in [6, 6.07) is 6.87. The van der Waals surface area contributed by atoms with E-state index in [0.29, 0.717) is 6.42 Å². The van der Waals surface area contributed by atoms with Gasteiger partial charge in [0.2, 0.25) is 5.43 Å². The number of fused-ring (bicyclic) bond motifs is 1. The Morgan fingerprint density at radius 3 is 2.84 bits per heavy atom. The number of carboxylic acid groups (broad SMARTS) is 1. The number of rotatable bonds is 5. The van der Waals surface area contributed by atoms with Crippen LogP contribution in [0.3, 0.4) is 0 Å². The fourth-order valence-electron chi connectivity index (χ4n) is 2.86. The second-order valence-electron chi connectivity index (χ2n) is 5.60. The zero-order valence-corrected chi connectivity index (χ0v) is 13.9. The van der Waals surface area contributed by atoms with Crippen LogP contribution in [0.5, 0.6) is 5.75 Å². The molecule has 0 radical (unpaired) electrons. The molecule has 1 amide bonds. The van der Waals surface area contributed by atoms with Gasteiger partial charge in [0, 0.05) is 29.7 Å². The minimum absolute atomic E-state index is 0.0485. The van der Waals surface area contributed by atoms with Crippen LogP contribution in [0.15, 0.2) is 45.9 Å². The van der Waals surface area contributed by atoms with Crippen LogP contribution < -0.4 is 15.1 Å². The molecule has 0 atom stereocenters. The highest BCUT2D eigenvalue weighted by molar-refractivity contribution is 5.87. The molecule has 130 valence electrons. The number of benzene rings is 1. The number of methoxy groups -OCH3 is 1. The van der Waals surface area contributed by atoms with Crippen LogP contribution in [-0.4, -0.2) is 29.8 Å². The minimum Gasteiger partial charge on any atom is -0.497 e. The highest BCUT2D eigenvalue weighted by Crippen LogP contribution is 2.24. The standard InChI is InChI=1S/C18H18N2O5/c1-11-17(16(21)6-8-25-11)20(18(22)23)7-5-12-10-19-15-4-3-13(24-2)9-14(12)15/h3-4,6,8-10,19H,5,7H2,1-2H3,(H,22,23). The average molecular weight is 342 g/mol. The van der Waals surface area contributed by atoms with Crippen molar-refractivity contribution < 1.29 is 19.1 Å². The van der Waals surface area contributed by atoms with Crippen LogP contribution in [0.2, 0.25) is 0 Å². The summed E-state index contributed by atoms with van der Waals surface area (Å²) in [6.45, 7) is 1.71. The van der Waals surface area contributed by atoms with Gasteiger partial charge in [-0.25, -0.2) is 4.79 Å². The van der Waals surface area contributed by atoms with Crippen LogP contribution in [0.1, 0.15) is 11.3 Å². The predicted molar refractivity (Wildman–Crippen MR) is 93.6 cm³/mol. The number of ether oxygens (including phenoxy) is 1. The second-order valence-corrected chi connectivity index (χ2v) is 5.60. The molecule has 0 aliphatic heterocycles. The summed E-state index contributed by atoms with van der Waals surface area (Å²) in [5.74, 6) is 0.999. The first-order chi connectivity index (χ1) is 12.0. The third-order valence-corrected chi connectivity index (χ3v) is 4.11. The first-order valence-corrected chi connectivity index (χ1v) is 7.74. The molecule has 7 heteroatoms. The van der Waals surface area contributed by atoms with E-state index >= 15 is 0 Å². The molecule has 0 fully saturated rings. The molecular formula is C18H18N2O5. The molecule has 0 saturated heterocycles. The summed E-state index contributed by atoms with van der Waals surface area (Å²) in [5.41, 5.74) is 1.55. The number of hydrogen-bond donors (Lipinski definition) is 2. The Bertz CT molecular complexity index is 973. The van der Waals surface area contributed by atoms with Gasteiger partial charge in [0.1, 0.15) is 17.2 Å². The maximum atomic E-state index is 12.1. The Hall–Kier alpha value is -3.22. The number of hydrogen-bond acceptors (Lipinski definition) is 4. The van der Waals surface area contributed by atoms with E-state index in [1.54, 1.807) is 14.0 Å². The molecule has 3 aromatic rings. The van der Waals surface area contributed by atoms with Crippen molar-refractivity contribution in [3.8, 4) is 5.75 Å². The van der Waals surface area contributed by atoms with E-state index in [1.165, 1.54) is 12.3 Å². The largest absolute Gasteiger partial charge is 0.497 e. The summed E-state index contributed by atoms with van der Waals surface area (Å²) in [4.78, 5) is 27.9. The lowest BCUT2D eigenvalue weighted by Crippen LogP contribution is -2.35. The minimum atomic E-state index is -1.20. The third-order valence-electron chi connectivity index (χ3n) is 4.11. The Morgan fingerprint density at radius 2 is 2.16 bits per heavy atom. The fraction of sp³-hybridized carbons (Fsp3) is 0.222. The zero-order chi connectivity index (χ0) is 18.0. The molecule has 2 aromatic heterocycles. The second kappa shape index (κ2) is 6.72. The molecule has 2 heterocycles. The van der Waals surface area contributed by atoms with E-state index in [-0.39, 0.29) is 23.4 Å². The van der Waals surface area contributed by atoms with E-state index in [4.69, 9.17) is 9.15 Å². The normalized spacial score (nSPS) is 10.8. The van der Waals surface area contributed by atoms with Gasteiger partial charge in [-0.15, -0.1) is 0 Å². The summed E-state index contributed by atoms with van der Waals surface area (Å²) in [5, 5.41) is 10.5. The number of anilines is 1. The van der Waals surface area contributed by atoms with Gasteiger partial charge in [-0.1, -0.05) is 0 Å². The van der Waals surface area contributed by atoms with E-state index < -0.39 is 6.09 Å². The smallest absolute Gasteiger partial charge is 0.412 e. The molecule has 0 aliphatic rings. The van der Waals surface area contributed by atoms with E-state index in [2.05, 4.69) is 4.98 Å². The number of H-pyrrole nitrogens is 1. The maximum Gasteiger partial charge on any atom is 0.412 e. The van der Waals surface area contributed by atoms with Crippen LogP contribution >= 0.6 is 0 Å². The molecule has 2 N–H and O–H groups in total. The van der Waals surface area contributed by atoms with Gasteiger partial charge in [-0.3, -0.25) is 9.69 Å². The van der Waals surface area contributed by atoms with E-state index in [1.807, 2.05) is 24.4 Å². The number of nitrogens with zero attached hydrogens (tertiary/aromatic N) is 1. The Kier molecular flexibility index (Phi) is 4.47. The van der Waals surface area contributed by atoms with Crippen LogP contribution in [0, 0.1) is 6.92 Å². The maximum absolute atomic E-state index is 12.1. The summed E-state index contributed by atoms with van der Waals surface area (Å²) in [6.07, 6.45) is 2.34. The Labute approximate surface area is 143 Å². The lowest BCUT2D eigenvalue weighted by molar-refractivity contribution is 0.201. The molecule has 1 aromatic carbocycles. The summed E-state index contributed by atoms with van der Waals surface area (Å²) < 4.78 is 10.4. The van der Waals surface area contributed by atoms with Crippen molar-refractivity contribution in [3.63, 3.8) is 0 Å². The monoisotopic (exact) mass is 342 g/mol. The number of aromatic nitrogens is 1. The van der Waals surface area contributed by atoms with Gasteiger partial charge in [-0.05, 0) is 37.1 Å². The van der Waals surface area contributed by atoms with Crippen molar-refractivity contribution in [1.29, 1.82) is 0 Å². The van der Waals surface area contributed by atoms with E-state index in [0.717, 1.165) is 27.1 Å². The molecule has 7 nitrogen and oxygen atoms in total. The number of nitrogens with one attached hydrogen (secondary N) is 1. The van der Waals surface area contributed by atoms with Crippen LogP contribution in [-0.2, 0) is 6.42 Å². The van der Waals surface area contributed by atoms with Crippen molar-refractivity contribution in [2.24, 2.45) is 0 Å². The topological polar surface area (TPSA) is 95.8 Å². The fourth-order valence-corrected chi connectivity index (χ4v) is 2.86. The molecule has 0 unspecified atom stereocenters. The van der Waals surface area contributed by atoms with Gasteiger partial charge >= 0.3 is 6.09 Å².